The van der Waals surface area contributed by atoms with Gasteiger partial charge in [0.25, 0.3) is 0 Å². The SMILES string of the molecule is CCNc1cnc(CN2CC(CC)CC2=O)cn1. The van der Waals surface area contributed by atoms with Crippen molar-refractivity contribution in [1.29, 1.82) is 0 Å². The number of hydrogen-bond donors (Lipinski definition) is 1. The molecule has 5 heteroatoms. The quantitative estimate of drug-likeness (QED) is 0.861. The average Bonchev–Trinajstić information content (AvgIpc) is 2.73. The summed E-state index contributed by atoms with van der Waals surface area (Å²) in [6, 6.07) is 0. The number of nitrogens with one attached hydrogen (secondary N) is 1. The zero-order valence-corrected chi connectivity index (χ0v) is 11.0. The third-order valence-electron chi connectivity index (χ3n) is 3.29. The summed E-state index contributed by atoms with van der Waals surface area (Å²) in [5.74, 6) is 1.52. The number of nitrogens with zero attached hydrogens (tertiary/aromatic N) is 3. The number of hydrogen-bond acceptors (Lipinski definition) is 4. The molecule has 1 aliphatic rings. The van der Waals surface area contributed by atoms with Crippen molar-refractivity contribution < 1.29 is 4.79 Å². The third kappa shape index (κ3) is 2.97. The zero-order chi connectivity index (χ0) is 13.0. The fraction of sp³-hybridized carbons (Fsp3) is 0.615. The molecule has 0 radical (unpaired) electrons. The number of likely N-dealkylation sites (tertiary alicyclic amines) is 1. The van der Waals surface area contributed by atoms with Crippen LogP contribution in [0, 0.1) is 5.92 Å². The molecule has 1 saturated heterocycles. The van der Waals surface area contributed by atoms with Crippen LogP contribution in [0.1, 0.15) is 32.4 Å². The van der Waals surface area contributed by atoms with E-state index in [9.17, 15) is 4.79 Å². The van der Waals surface area contributed by atoms with Gasteiger partial charge in [-0.15, -0.1) is 0 Å². The lowest BCUT2D eigenvalue weighted by molar-refractivity contribution is -0.128. The van der Waals surface area contributed by atoms with Gasteiger partial charge in [-0.05, 0) is 12.8 Å². The number of rotatable bonds is 5. The summed E-state index contributed by atoms with van der Waals surface area (Å²) in [4.78, 5) is 22.3. The molecular formula is C13H20N4O. The number of aromatic nitrogens is 2. The van der Waals surface area contributed by atoms with Crippen molar-refractivity contribution >= 4 is 11.7 Å². The van der Waals surface area contributed by atoms with Gasteiger partial charge in [-0.1, -0.05) is 13.3 Å². The maximum atomic E-state index is 11.8. The Morgan fingerprint density at radius 2 is 2.22 bits per heavy atom. The second-order valence-corrected chi connectivity index (χ2v) is 4.68. The van der Waals surface area contributed by atoms with Crippen LogP contribution < -0.4 is 5.32 Å². The first-order chi connectivity index (χ1) is 8.72. The van der Waals surface area contributed by atoms with E-state index in [1.165, 1.54) is 0 Å². The molecule has 1 aromatic heterocycles. The van der Waals surface area contributed by atoms with E-state index in [0.29, 0.717) is 18.9 Å². The second kappa shape index (κ2) is 5.80. The molecule has 1 amide bonds. The highest BCUT2D eigenvalue weighted by Gasteiger charge is 2.28. The first-order valence-electron chi connectivity index (χ1n) is 6.55. The molecule has 1 fully saturated rings. The Labute approximate surface area is 108 Å². The lowest BCUT2D eigenvalue weighted by Crippen LogP contribution is -2.25. The van der Waals surface area contributed by atoms with Gasteiger partial charge in [0, 0.05) is 19.5 Å². The van der Waals surface area contributed by atoms with Crippen LogP contribution in [0.25, 0.3) is 0 Å². The van der Waals surface area contributed by atoms with Crippen LogP contribution in [0.3, 0.4) is 0 Å². The van der Waals surface area contributed by atoms with Gasteiger partial charge in [-0.25, -0.2) is 4.98 Å². The first-order valence-corrected chi connectivity index (χ1v) is 6.55. The Bertz CT molecular complexity index is 404. The van der Waals surface area contributed by atoms with E-state index in [1.807, 2.05) is 11.8 Å². The molecule has 0 bridgehead atoms. The summed E-state index contributed by atoms with van der Waals surface area (Å²) in [5.41, 5.74) is 0.849. The molecular weight excluding hydrogens is 228 g/mol. The fourth-order valence-electron chi connectivity index (χ4n) is 2.18. The van der Waals surface area contributed by atoms with E-state index < -0.39 is 0 Å². The molecule has 0 saturated carbocycles. The van der Waals surface area contributed by atoms with Crippen LogP contribution in [-0.2, 0) is 11.3 Å². The van der Waals surface area contributed by atoms with E-state index in [1.54, 1.807) is 12.4 Å². The molecule has 1 unspecified atom stereocenters. The van der Waals surface area contributed by atoms with Crippen molar-refractivity contribution in [2.45, 2.75) is 33.2 Å². The summed E-state index contributed by atoms with van der Waals surface area (Å²) in [6.07, 6.45) is 5.20. The Morgan fingerprint density at radius 3 is 2.78 bits per heavy atom. The van der Waals surface area contributed by atoms with E-state index >= 15 is 0 Å². The van der Waals surface area contributed by atoms with Gasteiger partial charge < -0.3 is 10.2 Å². The highest BCUT2D eigenvalue weighted by molar-refractivity contribution is 5.78. The molecule has 0 aliphatic carbocycles. The topological polar surface area (TPSA) is 58.1 Å². The lowest BCUT2D eigenvalue weighted by atomic mass is 10.1. The first kappa shape index (κ1) is 12.8. The molecule has 1 atom stereocenters. The van der Waals surface area contributed by atoms with Crippen LogP contribution in [0.2, 0.25) is 0 Å². The van der Waals surface area contributed by atoms with Crippen LogP contribution >= 0.6 is 0 Å². The summed E-state index contributed by atoms with van der Waals surface area (Å²) >= 11 is 0. The van der Waals surface area contributed by atoms with Crippen LogP contribution in [0.15, 0.2) is 12.4 Å². The summed E-state index contributed by atoms with van der Waals surface area (Å²) in [5, 5.41) is 3.10. The zero-order valence-electron chi connectivity index (χ0n) is 11.0. The standard InChI is InChI=1S/C13H20N4O/c1-3-10-5-13(18)17(8-10)9-11-6-16-12(7-15-11)14-4-2/h6-7,10H,3-5,8-9H2,1-2H3,(H,14,16). The highest BCUT2D eigenvalue weighted by atomic mass is 16.2. The summed E-state index contributed by atoms with van der Waals surface area (Å²) in [7, 11) is 0. The molecule has 98 valence electrons. The Balaban J connectivity index is 1.95. The van der Waals surface area contributed by atoms with Gasteiger partial charge in [0.15, 0.2) is 0 Å². The monoisotopic (exact) mass is 248 g/mol. The normalized spacial score (nSPS) is 19.3. The van der Waals surface area contributed by atoms with Crippen LogP contribution in [0.5, 0.6) is 0 Å². The molecule has 1 aromatic rings. The van der Waals surface area contributed by atoms with E-state index in [4.69, 9.17) is 0 Å². The van der Waals surface area contributed by atoms with Gasteiger partial charge in [-0.2, -0.15) is 0 Å². The highest BCUT2D eigenvalue weighted by Crippen LogP contribution is 2.21. The average molecular weight is 248 g/mol. The van der Waals surface area contributed by atoms with Gasteiger partial charge in [0.1, 0.15) is 5.82 Å². The number of anilines is 1. The number of carbonyl (C=O) groups is 1. The summed E-state index contributed by atoms with van der Waals surface area (Å²) in [6.45, 7) is 6.41. The van der Waals surface area contributed by atoms with Gasteiger partial charge in [0.2, 0.25) is 5.91 Å². The maximum absolute atomic E-state index is 11.8. The van der Waals surface area contributed by atoms with E-state index in [2.05, 4.69) is 22.2 Å². The molecule has 1 N–H and O–H groups in total. The molecule has 18 heavy (non-hydrogen) atoms. The Morgan fingerprint density at radius 1 is 1.39 bits per heavy atom. The predicted molar refractivity (Wildman–Crippen MR) is 70.0 cm³/mol. The Hall–Kier alpha value is -1.65. The summed E-state index contributed by atoms with van der Waals surface area (Å²) < 4.78 is 0. The largest absolute Gasteiger partial charge is 0.369 e. The molecule has 0 spiro atoms. The molecule has 1 aliphatic heterocycles. The van der Waals surface area contributed by atoms with Crippen LogP contribution in [0.4, 0.5) is 5.82 Å². The smallest absolute Gasteiger partial charge is 0.223 e. The second-order valence-electron chi connectivity index (χ2n) is 4.68. The van der Waals surface area contributed by atoms with Crippen molar-refractivity contribution in [1.82, 2.24) is 14.9 Å². The lowest BCUT2D eigenvalue weighted by Gasteiger charge is -2.15. The third-order valence-corrected chi connectivity index (χ3v) is 3.29. The van der Waals surface area contributed by atoms with Crippen molar-refractivity contribution in [3.63, 3.8) is 0 Å². The Kier molecular flexibility index (Phi) is 4.12. The van der Waals surface area contributed by atoms with Gasteiger partial charge in [-0.3, -0.25) is 9.78 Å². The van der Waals surface area contributed by atoms with Crippen LogP contribution in [-0.4, -0.2) is 33.9 Å². The van der Waals surface area contributed by atoms with E-state index in [-0.39, 0.29) is 5.91 Å². The van der Waals surface area contributed by atoms with Crippen molar-refractivity contribution in [3.8, 4) is 0 Å². The molecule has 0 aromatic carbocycles. The molecule has 2 rings (SSSR count). The maximum Gasteiger partial charge on any atom is 0.223 e. The van der Waals surface area contributed by atoms with Crippen molar-refractivity contribution in [3.05, 3.63) is 18.1 Å². The minimum atomic E-state index is 0.236. The van der Waals surface area contributed by atoms with Crippen molar-refractivity contribution in [2.24, 2.45) is 5.92 Å². The molecule has 2 heterocycles. The number of carbonyl (C=O) groups excluding carboxylic acids is 1. The van der Waals surface area contributed by atoms with Crippen molar-refractivity contribution in [2.75, 3.05) is 18.4 Å². The number of amides is 1. The fourth-order valence-corrected chi connectivity index (χ4v) is 2.18. The minimum Gasteiger partial charge on any atom is -0.369 e. The molecule has 5 nitrogen and oxygen atoms in total. The minimum absolute atomic E-state index is 0.236. The predicted octanol–water partition coefficient (Wildman–Crippen LogP) is 1.67. The van der Waals surface area contributed by atoms with Gasteiger partial charge in [0.05, 0.1) is 24.6 Å². The van der Waals surface area contributed by atoms with E-state index in [0.717, 1.165) is 31.0 Å². The van der Waals surface area contributed by atoms with Gasteiger partial charge >= 0.3 is 0 Å².